The summed E-state index contributed by atoms with van der Waals surface area (Å²) in [5.74, 6) is 1.43. The van der Waals surface area contributed by atoms with Gasteiger partial charge in [0.15, 0.2) is 0 Å². The van der Waals surface area contributed by atoms with Crippen molar-refractivity contribution in [3.8, 4) is 6.07 Å². The fourth-order valence-electron chi connectivity index (χ4n) is 1.64. The van der Waals surface area contributed by atoms with Crippen LogP contribution in [0.2, 0.25) is 0 Å². The Balaban J connectivity index is 2.04. The van der Waals surface area contributed by atoms with Crippen LogP contribution in [-0.2, 0) is 0 Å². The van der Waals surface area contributed by atoms with Gasteiger partial charge in [0, 0.05) is 18.3 Å². The molecule has 2 N–H and O–H groups in total. The average Bonchev–Trinajstić information content (AvgIpc) is 2.39. The van der Waals surface area contributed by atoms with Gasteiger partial charge in [0.25, 0.3) is 0 Å². The fourth-order valence-corrected chi connectivity index (χ4v) is 1.64. The van der Waals surface area contributed by atoms with Crippen molar-refractivity contribution in [2.75, 3.05) is 17.2 Å². The number of anilines is 3. The Morgan fingerprint density at radius 1 is 1.21 bits per heavy atom. The third-order valence-electron chi connectivity index (χ3n) is 2.50. The molecular formula is C14H15N5. The van der Waals surface area contributed by atoms with Crippen LogP contribution in [0.3, 0.4) is 0 Å². The van der Waals surface area contributed by atoms with Crippen LogP contribution in [0.5, 0.6) is 0 Å². The van der Waals surface area contributed by atoms with Crippen molar-refractivity contribution in [3.05, 3.63) is 42.2 Å². The number of nitrogens with zero attached hydrogens (tertiary/aromatic N) is 3. The molecule has 1 aromatic heterocycles. The zero-order chi connectivity index (χ0) is 13.5. The molecule has 0 aliphatic carbocycles. The topological polar surface area (TPSA) is 73.6 Å². The quantitative estimate of drug-likeness (QED) is 0.801. The van der Waals surface area contributed by atoms with Crippen molar-refractivity contribution in [1.29, 1.82) is 5.26 Å². The Bertz CT molecular complexity index is 588. The number of aryl methyl sites for hydroxylation is 1. The maximum atomic E-state index is 8.48. The number of nitrogens with one attached hydrogen (secondary N) is 2. The fraction of sp³-hybridized carbons (Fsp3) is 0.214. The molecule has 0 spiro atoms. The van der Waals surface area contributed by atoms with Crippen LogP contribution < -0.4 is 10.6 Å². The van der Waals surface area contributed by atoms with E-state index in [1.54, 1.807) is 0 Å². The summed E-state index contributed by atoms with van der Waals surface area (Å²) in [5.41, 5.74) is 2.17. The molecule has 0 saturated heterocycles. The van der Waals surface area contributed by atoms with Gasteiger partial charge in [-0.25, -0.2) is 9.97 Å². The highest BCUT2D eigenvalue weighted by atomic mass is 15.1. The van der Waals surface area contributed by atoms with Crippen molar-refractivity contribution in [2.45, 2.75) is 13.3 Å². The molecule has 0 aliphatic heterocycles. The van der Waals surface area contributed by atoms with Crippen molar-refractivity contribution in [3.63, 3.8) is 0 Å². The molecule has 0 amide bonds. The van der Waals surface area contributed by atoms with E-state index in [0.717, 1.165) is 11.5 Å². The maximum Gasteiger partial charge on any atom is 0.135 e. The van der Waals surface area contributed by atoms with Gasteiger partial charge >= 0.3 is 0 Å². The van der Waals surface area contributed by atoms with Crippen LogP contribution in [0, 0.1) is 18.3 Å². The molecule has 0 saturated carbocycles. The minimum absolute atomic E-state index is 0.449. The second-order valence-corrected chi connectivity index (χ2v) is 4.12. The lowest BCUT2D eigenvalue weighted by molar-refractivity contribution is 1.04. The molecular weight excluding hydrogens is 238 g/mol. The Labute approximate surface area is 112 Å². The molecule has 2 aromatic rings. The van der Waals surface area contributed by atoms with Crippen LogP contribution in [-0.4, -0.2) is 16.5 Å². The van der Waals surface area contributed by atoms with Crippen LogP contribution in [0.1, 0.15) is 12.0 Å². The number of nitriles is 1. The lowest BCUT2D eigenvalue weighted by atomic mass is 10.2. The molecule has 5 nitrogen and oxygen atoms in total. The largest absolute Gasteiger partial charge is 0.369 e. The second kappa shape index (κ2) is 6.36. The summed E-state index contributed by atoms with van der Waals surface area (Å²) in [5, 5.41) is 14.8. The van der Waals surface area contributed by atoms with Crippen molar-refractivity contribution in [2.24, 2.45) is 0 Å². The highest BCUT2D eigenvalue weighted by molar-refractivity contribution is 5.59. The molecule has 0 fully saturated rings. The molecule has 0 unspecified atom stereocenters. The molecule has 2 rings (SSSR count). The molecule has 0 atom stereocenters. The number of hydrogen-bond acceptors (Lipinski definition) is 5. The predicted octanol–water partition coefficient (Wildman–Crippen LogP) is 2.85. The normalized spacial score (nSPS) is 9.68. The number of hydrogen-bond donors (Lipinski definition) is 2. The first-order valence-electron chi connectivity index (χ1n) is 6.04. The van der Waals surface area contributed by atoms with Gasteiger partial charge in [-0.1, -0.05) is 12.1 Å². The van der Waals surface area contributed by atoms with E-state index in [9.17, 15) is 0 Å². The smallest absolute Gasteiger partial charge is 0.135 e. The van der Waals surface area contributed by atoms with E-state index in [4.69, 9.17) is 5.26 Å². The maximum absolute atomic E-state index is 8.48. The molecule has 19 heavy (non-hydrogen) atoms. The van der Waals surface area contributed by atoms with Crippen LogP contribution in [0.15, 0.2) is 36.7 Å². The third kappa shape index (κ3) is 3.96. The lowest BCUT2D eigenvalue weighted by Gasteiger charge is -2.08. The summed E-state index contributed by atoms with van der Waals surface area (Å²) < 4.78 is 0. The molecule has 0 radical (unpaired) electrons. The molecule has 0 aliphatic rings. The zero-order valence-electron chi connectivity index (χ0n) is 10.7. The Morgan fingerprint density at radius 3 is 2.84 bits per heavy atom. The predicted molar refractivity (Wildman–Crippen MR) is 75.2 cm³/mol. The number of rotatable bonds is 5. The van der Waals surface area contributed by atoms with Crippen molar-refractivity contribution < 1.29 is 0 Å². The Kier molecular flexibility index (Phi) is 4.29. The second-order valence-electron chi connectivity index (χ2n) is 4.12. The van der Waals surface area contributed by atoms with Gasteiger partial charge in [0.1, 0.15) is 18.0 Å². The Morgan fingerprint density at radius 2 is 2.05 bits per heavy atom. The van der Waals surface area contributed by atoms with E-state index in [1.807, 2.05) is 37.3 Å². The van der Waals surface area contributed by atoms with E-state index in [2.05, 4.69) is 26.7 Å². The molecule has 0 bridgehead atoms. The van der Waals surface area contributed by atoms with Gasteiger partial charge in [0.05, 0.1) is 12.5 Å². The first-order valence-corrected chi connectivity index (χ1v) is 6.04. The summed E-state index contributed by atoms with van der Waals surface area (Å²) in [4.78, 5) is 8.26. The first-order chi connectivity index (χ1) is 9.28. The van der Waals surface area contributed by atoms with E-state index in [0.29, 0.717) is 18.8 Å². The minimum atomic E-state index is 0.449. The summed E-state index contributed by atoms with van der Waals surface area (Å²) in [7, 11) is 0. The van der Waals surface area contributed by atoms with Crippen molar-refractivity contribution >= 4 is 17.3 Å². The first kappa shape index (κ1) is 12.8. The molecule has 1 heterocycles. The Hall–Kier alpha value is -2.61. The van der Waals surface area contributed by atoms with Crippen LogP contribution >= 0.6 is 0 Å². The number of aromatic nitrogens is 2. The van der Waals surface area contributed by atoms with Gasteiger partial charge in [-0.15, -0.1) is 0 Å². The van der Waals surface area contributed by atoms with Gasteiger partial charge < -0.3 is 10.6 Å². The van der Waals surface area contributed by atoms with E-state index >= 15 is 0 Å². The lowest BCUT2D eigenvalue weighted by Crippen LogP contribution is -2.03. The van der Waals surface area contributed by atoms with E-state index < -0.39 is 0 Å². The monoisotopic (exact) mass is 253 g/mol. The third-order valence-corrected chi connectivity index (χ3v) is 2.50. The summed E-state index contributed by atoms with van der Waals surface area (Å²) in [6, 6.07) is 12.0. The molecule has 1 aromatic carbocycles. The summed E-state index contributed by atoms with van der Waals surface area (Å²) in [6.07, 6.45) is 1.94. The van der Waals surface area contributed by atoms with Gasteiger partial charge in [-0.2, -0.15) is 5.26 Å². The SMILES string of the molecule is Cc1cccc(Nc2cc(NCCC#N)ncn2)c1. The van der Waals surface area contributed by atoms with Gasteiger partial charge in [-0.3, -0.25) is 0 Å². The molecule has 5 heteroatoms. The van der Waals surface area contributed by atoms with E-state index in [1.165, 1.54) is 11.9 Å². The minimum Gasteiger partial charge on any atom is -0.369 e. The molecule has 96 valence electrons. The van der Waals surface area contributed by atoms with Crippen molar-refractivity contribution in [1.82, 2.24) is 9.97 Å². The highest BCUT2D eigenvalue weighted by Crippen LogP contribution is 2.17. The van der Waals surface area contributed by atoms with Gasteiger partial charge in [-0.05, 0) is 24.6 Å². The zero-order valence-corrected chi connectivity index (χ0v) is 10.7. The van der Waals surface area contributed by atoms with Gasteiger partial charge in [0.2, 0.25) is 0 Å². The van der Waals surface area contributed by atoms with Crippen LogP contribution in [0.4, 0.5) is 17.3 Å². The highest BCUT2D eigenvalue weighted by Gasteiger charge is 1.99. The van der Waals surface area contributed by atoms with Crippen LogP contribution in [0.25, 0.3) is 0 Å². The van der Waals surface area contributed by atoms with E-state index in [-0.39, 0.29) is 0 Å². The summed E-state index contributed by atoms with van der Waals surface area (Å²) in [6.45, 7) is 2.62. The average molecular weight is 253 g/mol. The standard InChI is InChI=1S/C14H15N5/c1-11-4-2-5-12(8-11)19-14-9-13(17-10-18-14)16-7-3-6-15/h2,4-5,8-10H,3,7H2,1H3,(H2,16,17,18,19). The number of benzene rings is 1. The summed E-state index contributed by atoms with van der Waals surface area (Å²) >= 11 is 0.